The Hall–Kier alpha value is -2.46. The highest BCUT2D eigenvalue weighted by Gasteiger charge is 2.43. The lowest BCUT2D eigenvalue weighted by atomic mass is 9.80. The van der Waals surface area contributed by atoms with E-state index >= 15 is 0 Å². The number of hydrogen-bond acceptors (Lipinski definition) is 9. The van der Waals surface area contributed by atoms with Crippen LogP contribution in [0.25, 0.3) is 0 Å². The minimum absolute atomic E-state index is 0.00934. The van der Waals surface area contributed by atoms with Crippen LogP contribution in [0.15, 0.2) is 0 Å². The summed E-state index contributed by atoms with van der Waals surface area (Å²) in [4.78, 5) is 33.0. The molecule has 33 heavy (non-hydrogen) atoms. The lowest BCUT2D eigenvalue weighted by Crippen LogP contribution is -2.62. The molecule has 0 spiro atoms. The van der Waals surface area contributed by atoms with Crippen LogP contribution in [0.5, 0.6) is 0 Å². The molecule has 190 valence electrons. The van der Waals surface area contributed by atoms with E-state index < -0.39 is 47.7 Å². The summed E-state index contributed by atoms with van der Waals surface area (Å²) in [7, 11) is 0. The van der Waals surface area contributed by atoms with Crippen molar-refractivity contribution in [2.75, 3.05) is 19.8 Å². The number of amides is 2. The third kappa shape index (κ3) is 11.8. The van der Waals surface area contributed by atoms with Crippen LogP contribution in [0, 0.1) is 28.6 Å². The van der Waals surface area contributed by atoms with Crippen LogP contribution < -0.4 is 10.6 Å². The van der Waals surface area contributed by atoms with Crippen molar-refractivity contribution in [2.45, 2.75) is 71.3 Å². The maximum Gasteiger partial charge on any atom is 0.315 e. The Morgan fingerprint density at radius 2 is 1.79 bits per heavy atom. The molecule has 0 aromatic heterocycles. The zero-order chi connectivity index (χ0) is 25.8. The van der Waals surface area contributed by atoms with Crippen LogP contribution in [0.3, 0.4) is 0 Å². The number of rotatable bonds is 9. The number of carbonyl (C=O) groups excluding carboxylic acids is 2. The van der Waals surface area contributed by atoms with E-state index in [9.17, 15) is 29.7 Å². The Labute approximate surface area is 193 Å². The summed E-state index contributed by atoms with van der Waals surface area (Å²) in [5.41, 5.74) is -0.502. The zero-order valence-electron chi connectivity index (χ0n) is 19.5. The second kappa shape index (κ2) is 14.6. The third-order valence-corrected chi connectivity index (χ3v) is 5.06. The van der Waals surface area contributed by atoms with Crippen molar-refractivity contribution in [1.29, 1.82) is 5.26 Å². The van der Waals surface area contributed by atoms with E-state index in [1.807, 2.05) is 6.07 Å². The van der Waals surface area contributed by atoms with Gasteiger partial charge in [0.25, 0.3) is 0 Å². The van der Waals surface area contributed by atoms with Crippen molar-refractivity contribution in [2.24, 2.45) is 17.3 Å². The number of aliphatic hydroxyl groups is 4. The monoisotopic (exact) mass is 475 g/mol. The van der Waals surface area contributed by atoms with E-state index in [0.717, 1.165) is 0 Å². The number of ether oxygens (including phenoxy) is 1. The number of hydrogen-bond donors (Lipinski definition) is 7. The predicted octanol–water partition coefficient (Wildman–Crippen LogP) is -0.651. The minimum Gasteiger partial charge on any atom is -0.481 e. The fourth-order valence-electron chi connectivity index (χ4n) is 2.84. The maximum absolute atomic E-state index is 11.7. The van der Waals surface area contributed by atoms with Gasteiger partial charge in [-0.1, -0.05) is 13.8 Å². The van der Waals surface area contributed by atoms with Crippen molar-refractivity contribution in [3.05, 3.63) is 0 Å². The van der Waals surface area contributed by atoms with Gasteiger partial charge < -0.3 is 40.9 Å². The summed E-state index contributed by atoms with van der Waals surface area (Å²) in [6.45, 7) is 6.57. The normalized spacial score (nSPS) is 24.7. The van der Waals surface area contributed by atoms with Crippen molar-refractivity contribution in [3.8, 4) is 6.07 Å². The first kappa shape index (κ1) is 30.5. The molecule has 1 rings (SSSR count). The predicted molar refractivity (Wildman–Crippen MR) is 116 cm³/mol. The largest absolute Gasteiger partial charge is 0.481 e. The molecule has 0 radical (unpaired) electrons. The molecule has 12 nitrogen and oxygen atoms in total. The van der Waals surface area contributed by atoms with Crippen molar-refractivity contribution in [1.82, 2.24) is 10.6 Å². The third-order valence-electron chi connectivity index (χ3n) is 5.06. The molecule has 0 heterocycles. The Morgan fingerprint density at radius 1 is 1.18 bits per heavy atom. The van der Waals surface area contributed by atoms with Crippen molar-refractivity contribution < 1.29 is 44.7 Å². The number of nitrogens with one attached hydrogen (secondary N) is 2. The molecule has 7 N–H and O–H groups in total. The lowest BCUT2D eigenvalue weighted by Gasteiger charge is -2.40. The van der Waals surface area contributed by atoms with Gasteiger partial charge in [-0.25, -0.2) is 4.79 Å². The molecule has 12 heteroatoms. The van der Waals surface area contributed by atoms with Gasteiger partial charge in [-0.05, 0) is 26.7 Å². The van der Waals surface area contributed by atoms with Crippen LogP contribution in [0.1, 0.15) is 47.0 Å². The van der Waals surface area contributed by atoms with Gasteiger partial charge >= 0.3 is 18.0 Å². The van der Waals surface area contributed by atoms with Gasteiger partial charge in [-0.3, -0.25) is 9.59 Å². The first-order valence-corrected chi connectivity index (χ1v) is 10.7. The smallest absolute Gasteiger partial charge is 0.315 e. The van der Waals surface area contributed by atoms with Crippen LogP contribution >= 0.6 is 0 Å². The molecular formula is C21H37N3O9. The number of carbonyl (C=O) groups is 3. The molecule has 0 aromatic carbocycles. The molecule has 1 saturated carbocycles. The van der Waals surface area contributed by atoms with E-state index in [0.29, 0.717) is 6.42 Å². The Morgan fingerprint density at radius 3 is 2.27 bits per heavy atom. The SMILES string of the molecule is CC(C)(C#N)CCC(=O)O.CC(C)C(=O)OCCNC(=O)NC1C(O)CC(CO)C(O)C1O. The molecule has 2 amide bonds. The number of urea groups is 1. The molecule has 0 bridgehead atoms. The summed E-state index contributed by atoms with van der Waals surface area (Å²) >= 11 is 0. The molecule has 0 aromatic rings. The summed E-state index contributed by atoms with van der Waals surface area (Å²) in [6, 6.07) is 0.320. The van der Waals surface area contributed by atoms with E-state index in [1.165, 1.54) is 0 Å². The molecular weight excluding hydrogens is 438 g/mol. The summed E-state index contributed by atoms with van der Waals surface area (Å²) < 4.78 is 4.88. The number of aliphatic carboxylic acids is 1. The number of nitriles is 1. The minimum atomic E-state index is -1.39. The fourth-order valence-corrected chi connectivity index (χ4v) is 2.84. The molecule has 5 atom stereocenters. The van der Waals surface area contributed by atoms with Gasteiger partial charge in [0.1, 0.15) is 12.7 Å². The number of carboxylic acid groups (broad SMARTS) is 1. The van der Waals surface area contributed by atoms with Gasteiger partial charge in [0.2, 0.25) is 0 Å². The molecule has 0 saturated heterocycles. The van der Waals surface area contributed by atoms with E-state index in [4.69, 9.17) is 20.2 Å². The first-order valence-electron chi connectivity index (χ1n) is 10.7. The average Bonchev–Trinajstić information content (AvgIpc) is 2.75. The van der Waals surface area contributed by atoms with Crippen LogP contribution in [-0.4, -0.2) is 87.6 Å². The highest BCUT2D eigenvalue weighted by Crippen LogP contribution is 2.25. The standard InChI is InChI=1S/C14H26N2O7.C7H11NO2/c1-7(2)13(21)23-4-3-15-14(22)16-10-9(18)5-8(6-17)11(19)12(10)20;1-7(2,5-8)4-3-6(9)10/h7-12,17-20H,3-6H2,1-2H3,(H2,15,16,22);3-4H2,1-2H3,(H,9,10). The molecule has 0 aliphatic heterocycles. The average molecular weight is 476 g/mol. The van der Waals surface area contributed by atoms with Crippen molar-refractivity contribution in [3.63, 3.8) is 0 Å². The Bertz CT molecular complexity index is 678. The van der Waals surface area contributed by atoms with Gasteiger partial charge in [-0.2, -0.15) is 5.26 Å². The van der Waals surface area contributed by atoms with Crippen LogP contribution in [0.4, 0.5) is 4.79 Å². The van der Waals surface area contributed by atoms with Crippen LogP contribution in [-0.2, 0) is 14.3 Å². The van der Waals surface area contributed by atoms with E-state index in [1.54, 1.807) is 27.7 Å². The summed E-state index contributed by atoms with van der Waals surface area (Å²) in [6.07, 6.45) is -3.17. The highest BCUT2D eigenvalue weighted by molar-refractivity contribution is 5.74. The summed E-state index contributed by atoms with van der Waals surface area (Å²) in [5, 5.41) is 60.3. The second-order valence-corrected chi connectivity index (χ2v) is 8.86. The lowest BCUT2D eigenvalue weighted by molar-refractivity contribution is -0.147. The van der Waals surface area contributed by atoms with Crippen LogP contribution in [0.2, 0.25) is 0 Å². The van der Waals surface area contributed by atoms with Gasteiger partial charge in [0, 0.05) is 18.9 Å². The molecule has 1 aliphatic carbocycles. The number of aliphatic hydroxyl groups excluding tert-OH is 4. The molecule has 1 aliphatic rings. The van der Waals surface area contributed by atoms with Gasteiger partial charge in [0.05, 0.1) is 42.2 Å². The first-order chi connectivity index (χ1) is 15.3. The zero-order valence-corrected chi connectivity index (χ0v) is 19.5. The van der Waals surface area contributed by atoms with E-state index in [2.05, 4.69) is 10.6 Å². The number of esters is 1. The number of nitrogens with zero attached hydrogens (tertiary/aromatic N) is 1. The van der Waals surface area contributed by atoms with Crippen molar-refractivity contribution >= 4 is 18.0 Å². The topological polar surface area (TPSA) is 209 Å². The maximum atomic E-state index is 11.7. The number of carboxylic acids is 1. The Kier molecular flexibility index (Phi) is 13.5. The Balaban J connectivity index is 0.000000861. The fraction of sp³-hybridized carbons (Fsp3) is 0.810. The van der Waals surface area contributed by atoms with Gasteiger partial charge in [0.15, 0.2) is 0 Å². The van der Waals surface area contributed by atoms with Gasteiger partial charge in [-0.15, -0.1) is 0 Å². The quantitative estimate of drug-likeness (QED) is 0.165. The molecule has 5 unspecified atom stereocenters. The second-order valence-electron chi connectivity index (χ2n) is 8.86. The highest BCUT2D eigenvalue weighted by atomic mass is 16.5. The molecule has 1 fully saturated rings. The summed E-state index contributed by atoms with van der Waals surface area (Å²) in [5.74, 6) is -2.11. The van der Waals surface area contributed by atoms with E-state index in [-0.39, 0.29) is 44.5 Å².